The molecule has 2 aliphatic rings. The monoisotopic (exact) mass is 306 g/mol. The van der Waals surface area contributed by atoms with E-state index in [4.69, 9.17) is 0 Å². The lowest BCUT2D eigenvalue weighted by atomic mass is 10.1. The Hall–Kier alpha value is -0.870. The molecule has 3 nitrogen and oxygen atoms in total. The number of hydrogen-bond donors (Lipinski definition) is 0. The lowest BCUT2D eigenvalue weighted by Crippen LogP contribution is -2.51. The van der Waals surface area contributed by atoms with Gasteiger partial charge in [-0.2, -0.15) is 0 Å². The molecular weight excluding hydrogens is 280 g/mol. The second-order valence-corrected chi connectivity index (χ2v) is 7.32. The summed E-state index contributed by atoms with van der Waals surface area (Å²) in [5, 5.41) is 2.11. The van der Waals surface area contributed by atoms with Crippen molar-refractivity contribution >= 4 is 17.2 Å². The Labute approximate surface area is 131 Å². The van der Waals surface area contributed by atoms with Gasteiger partial charge in [-0.1, -0.05) is 18.9 Å². The van der Waals surface area contributed by atoms with Crippen molar-refractivity contribution in [3.63, 3.8) is 0 Å². The van der Waals surface area contributed by atoms with Crippen LogP contribution in [0, 0.1) is 0 Å². The Balaban J connectivity index is 1.36. The van der Waals surface area contributed by atoms with Crippen LogP contribution in [0.15, 0.2) is 17.5 Å². The van der Waals surface area contributed by atoms with Gasteiger partial charge in [0.1, 0.15) is 0 Å². The van der Waals surface area contributed by atoms with Gasteiger partial charge < -0.3 is 4.90 Å². The van der Waals surface area contributed by atoms with E-state index in [-0.39, 0.29) is 0 Å². The van der Waals surface area contributed by atoms with Gasteiger partial charge in [0.2, 0.25) is 5.91 Å². The summed E-state index contributed by atoms with van der Waals surface area (Å²) in [7, 11) is 0. The van der Waals surface area contributed by atoms with Gasteiger partial charge in [0.15, 0.2) is 0 Å². The molecule has 0 spiro atoms. The lowest BCUT2D eigenvalue weighted by molar-refractivity contribution is -0.133. The van der Waals surface area contributed by atoms with Gasteiger partial charge in [0, 0.05) is 43.5 Å². The molecule has 3 rings (SSSR count). The van der Waals surface area contributed by atoms with Gasteiger partial charge in [-0.05, 0) is 37.1 Å². The Morgan fingerprint density at radius 1 is 1.19 bits per heavy atom. The highest BCUT2D eigenvalue weighted by atomic mass is 32.1. The van der Waals surface area contributed by atoms with Crippen LogP contribution >= 0.6 is 11.3 Å². The van der Waals surface area contributed by atoms with Crippen molar-refractivity contribution in [1.29, 1.82) is 0 Å². The molecule has 21 heavy (non-hydrogen) atoms. The van der Waals surface area contributed by atoms with E-state index in [1.165, 1.54) is 30.6 Å². The van der Waals surface area contributed by atoms with Gasteiger partial charge in [-0.3, -0.25) is 9.69 Å². The standard InChI is InChI=1S/C17H26N2OS/c20-17(9-3-7-16-8-4-14-21-16)19-12-10-18(11-13-19)15-5-1-2-6-15/h4,8,14-15H,1-3,5-7,9-13H2. The highest BCUT2D eigenvalue weighted by molar-refractivity contribution is 7.09. The smallest absolute Gasteiger partial charge is 0.222 e. The first-order chi connectivity index (χ1) is 10.3. The van der Waals surface area contributed by atoms with Crippen molar-refractivity contribution < 1.29 is 4.79 Å². The van der Waals surface area contributed by atoms with Crippen LogP contribution in [0.4, 0.5) is 0 Å². The molecule has 1 aliphatic heterocycles. The fourth-order valence-corrected chi connectivity index (χ4v) is 4.38. The molecule has 1 aliphatic carbocycles. The minimum absolute atomic E-state index is 0.359. The summed E-state index contributed by atoms with van der Waals surface area (Å²) in [4.78, 5) is 18.4. The topological polar surface area (TPSA) is 23.6 Å². The van der Waals surface area contributed by atoms with E-state index in [9.17, 15) is 4.79 Å². The van der Waals surface area contributed by atoms with Gasteiger partial charge in [-0.25, -0.2) is 0 Å². The number of nitrogens with zero attached hydrogens (tertiary/aromatic N) is 2. The third-order valence-corrected chi connectivity index (χ3v) is 5.84. The molecule has 0 bridgehead atoms. The Morgan fingerprint density at radius 2 is 1.95 bits per heavy atom. The van der Waals surface area contributed by atoms with Crippen LogP contribution in [0.25, 0.3) is 0 Å². The summed E-state index contributed by atoms with van der Waals surface area (Å²) in [5.74, 6) is 0.359. The lowest BCUT2D eigenvalue weighted by Gasteiger charge is -2.38. The first-order valence-electron chi connectivity index (χ1n) is 8.37. The molecule has 0 atom stereocenters. The van der Waals surface area contributed by atoms with Gasteiger partial charge in [0.25, 0.3) is 0 Å². The predicted octanol–water partition coefficient (Wildman–Crippen LogP) is 3.16. The van der Waals surface area contributed by atoms with Gasteiger partial charge in [-0.15, -0.1) is 11.3 Å². The Bertz CT molecular complexity index is 432. The zero-order valence-electron chi connectivity index (χ0n) is 12.8. The Morgan fingerprint density at radius 3 is 2.62 bits per heavy atom. The number of amides is 1. The van der Waals surface area contributed by atoms with E-state index in [1.54, 1.807) is 11.3 Å². The summed E-state index contributed by atoms with van der Waals surface area (Å²) in [6.45, 7) is 4.05. The largest absolute Gasteiger partial charge is 0.340 e. The number of rotatable bonds is 5. The van der Waals surface area contributed by atoms with Crippen LogP contribution in [-0.2, 0) is 11.2 Å². The zero-order chi connectivity index (χ0) is 14.5. The number of carbonyl (C=O) groups is 1. The molecule has 1 aromatic rings. The molecule has 1 saturated heterocycles. The summed E-state index contributed by atoms with van der Waals surface area (Å²) >= 11 is 1.79. The number of aryl methyl sites for hydroxylation is 1. The summed E-state index contributed by atoms with van der Waals surface area (Å²) in [6, 6.07) is 5.06. The molecule has 4 heteroatoms. The molecule has 1 aromatic heterocycles. The van der Waals surface area contributed by atoms with E-state index >= 15 is 0 Å². The fourth-order valence-electron chi connectivity index (χ4n) is 3.63. The predicted molar refractivity (Wildman–Crippen MR) is 87.7 cm³/mol. The van der Waals surface area contributed by atoms with Crippen molar-refractivity contribution in [3.8, 4) is 0 Å². The highest BCUT2D eigenvalue weighted by Crippen LogP contribution is 2.24. The number of hydrogen-bond acceptors (Lipinski definition) is 3. The highest BCUT2D eigenvalue weighted by Gasteiger charge is 2.27. The molecule has 0 radical (unpaired) electrons. The summed E-state index contributed by atoms with van der Waals surface area (Å²) < 4.78 is 0. The zero-order valence-corrected chi connectivity index (χ0v) is 13.6. The van der Waals surface area contributed by atoms with Crippen molar-refractivity contribution in [2.75, 3.05) is 26.2 Å². The van der Waals surface area contributed by atoms with Crippen molar-refractivity contribution in [2.24, 2.45) is 0 Å². The maximum Gasteiger partial charge on any atom is 0.222 e. The van der Waals surface area contributed by atoms with Crippen LogP contribution in [0.5, 0.6) is 0 Å². The van der Waals surface area contributed by atoms with Gasteiger partial charge >= 0.3 is 0 Å². The molecule has 1 saturated carbocycles. The van der Waals surface area contributed by atoms with E-state index in [0.29, 0.717) is 12.3 Å². The summed E-state index contributed by atoms with van der Waals surface area (Å²) in [5.41, 5.74) is 0. The average Bonchev–Trinajstić information content (AvgIpc) is 3.21. The average molecular weight is 306 g/mol. The summed E-state index contributed by atoms with van der Waals surface area (Å²) in [6.07, 6.45) is 8.28. The van der Waals surface area contributed by atoms with E-state index in [1.807, 2.05) is 0 Å². The van der Waals surface area contributed by atoms with E-state index in [2.05, 4.69) is 27.3 Å². The molecule has 0 N–H and O–H groups in total. The molecule has 1 amide bonds. The van der Waals surface area contributed by atoms with Crippen LogP contribution in [-0.4, -0.2) is 47.9 Å². The second kappa shape index (κ2) is 7.41. The van der Waals surface area contributed by atoms with Crippen LogP contribution < -0.4 is 0 Å². The number of thiophene rings is 1. The van der Waals surface area contributed by atoms with Gasteiger partial charge in [0.05, 0.1) is 0 Å². The van der Waals surface area contributed by atoms with E-state index < -0.39 is 0 Å². The minimum Gasteiger partial charge on any atom is -0.340 e. The third kappa shape index (κ3) is 4.07. The molecule has 0 unspecified atom stereocenters. The number of carbonyl (C=O) groups excluding carboxylic acids is 1. The molecule has 2 heterocycles. The quantitative estimate of drug-likeness (QED) is 0.834. The number of piperazine rings is 1. The van der Waals surface area contributed by atoms with Crippen LogP contribution in [0.3, 0.4) is 0 Å². The molecular formula is C17H26N2OS. The molecule has 116 valence electrons. The SMILES string of the molecule is O=C(CCCc1cccs1)N1CCN(C2CCCC2)CC1. The first-order valence-corrected chi connectivity index (χ1v) is 9.25. The minimum atomic E-state index is 0.359. The third-order valence-electron chi connectivity index (χ3n) is 4.90. The first kappa shape index (κ1) is 15.0. The van der Waals surface area contributed by atoms with Crippen LogP contribution in [0.1, 0.15) is 43.4 Å². The molecule has 0 aromatic carbocycles. The fraction of sp³-hybridized carbons (Fsp3) is 0.706. The van der Waals surface area contributed by atoms with Crippen LogP contribution in [0.2, 0.25) is 0 Å². The maximum absolute atomic E-state index is 12.3. The van der Waals surface area contributed by atoms with Crippen molar-refractivity contribution in [1.82, 2.24) is 9.80 Å². The maximum atomic E-state index is 12.3. The second-order valence-electron chi connectivity index (χ2n) is 6.29. The van der Waals surface area contributed by atoms with Crippen molar-refractivity contribution in [2.45, 2.75) is 51.0 Å². The van der Waals surface area contributed by atoms with E-state index in [0.717, 1.165) is 45.1 Å². The molecule has 2 fully saturated rings. The Kier molecular flexibility index (Phi) is 5.31. The van der Waals surface area contributed by atoms with Crippen molar-refractivity contribution in [3.05, 3.63) is 22.4 Å². The normalized spacial score (nSPS) is 21.0.